The van der Waals surface area contributed by atoms with Crippen LogP contribution < -0.4 is 16.4 Å². The summed E-state index contributed by atoms with van der Waals surface area (Å²) in [4.78, 5) is 11.5. The van der Waals surface area contributed by atoms with Crippen molar-refractivity contribution in [2.24, 2.45) is 5.73 Å². The highest BCUT2D eigenvalue weighted by atomic mass is 16.2. The van der Waals surface area contributed by atoms with Crippen LogP contribution >= 0.6 is 0 Å². The Labute approximate surface area is 92.0 Å². The number of hydrogen-bond donors (Lipinski definition) is 3. The van der Waals surface area contributed by atoms with Crippen molar-refractivity contribution in [3.05, 3.63) is 0 Å². The van der Waals surface area contributed by atoms with Crippen LogP contribution in [-0.4, -0.2) is 24.2 Å². The summed E-state index contributed by atoms with van der Waals surface area (Å²) in [5.41, 5.74) is 6.02. The Bertz CT molecular complexity index is 206. The lowest BCUT2D eigenvalue weighted by Crippen LogP contribution is -2.51. The topological polar surface area (TPSA) is 67.2 Å². The van der Waals surface area contributed by atoms with Crippen molar-refractivity contribution in [1.29, 1.82) is 0 Å². The maximum atomic E-state index is 11.5. The molecule has 0 aromatic rings. The van der Waals surface area contributed by atoms with Crippen LogP contribution in [0.25, 0.3) is 0 Å². The van der Waals surface area contributed by atoms with Crippen LogP contribution in [0.5, 0.6) is 0 Å². The number of rotatable bonds is 2. The monoisotopic (exact) mass is 213 g/mol. The van der Waals surface area contributed by atoms with E-state index in [0.29, 0.717) is 0 Å². The molecular formula is C11H23N3O. The van der Waals surface area contributed by atoms with Crippen molar-refractivity contribution in [2.45, 2.75) is 64.1 Å². The third-order valence-corrected chi connectivity index (χ3v) is 2.81. The number of urea groups is 1. The maximum Gasteiger partial charge on any atom is 0.315 e. The fourth-order valence-electron chi connectivity index (χ4n) is 1.99. The molecule has 0 aliphatic heterocycles. The molecule has 0 radical (unpaired) electrons. The Morgan fingerprint density at radius 3 is 2.60 bits per heavy atom. The predicted octanol–water partition coefficient (Wildman–Crippen LogP) is 1.35. The first-order valence-corrected chi connectivity index (χ1v) is 5.92. The average Bonchev–Trinajstić information content (AvgIpc) is 2.30. The standard InChI is InChI=1S/C11H23N3O/c1-8(2)13-11(15)14-10-7-5-3-4-6-9(10)12/h8-10H,3-7,12H2,1-2H3,(H2,13,14,15). The Balaban J connectivity index is 2.37. The number of hydrogen-bond acceptors (Lipinski definition) is 2. The van der Waals surface area contributed by atoms with Gasteiger partial charge in [-0.25, -0.2) is 4.79 Å². The lowest BCUT2D eigenvalue weighted by Gasteiger charge is -2.23. The van der Waals surface area contributed by atoms with Crippen LogP contribution in [0.3, 0.4) is 0 Å². The first-order valence-electron chi connectivity index (χ1n) is 5.92. The Morgan fingerprint density at radius 1 is 1.27 bits per heavy atom. The van der Waals surface area contributed by atoms with Crippen LogP contribution in [0.2, 0.25) is 0 Å². The summed E-state index contributed by atoms with van der Waals surface area (Å²) >= 11 is 0. The number of nitrogens with two attached hydrogens (primary N) is 1. The smallest absolute Gasteiger partial charge is 0.315 e. The first-order chi connectivity index (χ1) is 7.09. The molecular weight excluding hydrogens is 190 g/mol. The summed E-state index contributed by atoms with van der Waals surface area (Å²) in [5.74, 6) is 0. The van der Waals surface area contributed by atoms with Crippen molar-refractivity contribution in [3.63, 3.8) is 0 Å². The summed E-state index contributed by atoms with van der Waals surface area (Å²) in [6.07, 6.45) is 5.61. The molecule has 4 N–H and O–H groups in total. The lowest BCUT2D eigenvalue weighted by molar-refractivity contribution is 0.231. The van der Waals surface area contributed by atoms with E-state index in [4.69, 9.17) is 5.73 Å². The number of carbonyl (C=O) groups excluding carboxylic acids is 1. The van der Waals surface area contributed by atoms with E-state index in [0.717, 1.165) is 12.8 Å². The molecule has 0 aromatic carbocycles. The minimum atomic E-state index is -0.0904. The summed E-state index contributed by atoms with van der Waals surface area (Å²) < 4.78 is 0. The second-order valence-corrected chi connectivity index (χ2v) is 4.68. The van der Waals surface area contributed by atoms with E-state index in [1.165, 1.54) is 19.3 Å². The van der Waals surface area contributed by atoms with Gasteiger partial charge in [0.2, 0.25) is 0 Å². The van der Waals surface area contributed by atoms with Gasteiger partial charge in [0.15, 0.2) is 0 Å². The maximum absolute atomic E-state index is 11.5. The molecule has 2 amide bonds. The molecule has 4 nitrogen and oxygen atoms in total. The first kappa shape index (κ1) is 12.3. The summed E-state index contributed by atoms with van der Waals surface area (Å²) in [5, 5.41) is 5.79. The zero-order valence-corrected chi connectivity index (χ0v) is 9.75. The van der Waals surface area contributed by atoms with Gasteiger partial charge in [-0.15, -0.1) is 0 Å². The highest BCUT2D eigenvalue weighted by Crippen LogP contribution is 2.16. The van der Waals surface area contributed by atoms with E-state index in [2.05, 4.69) is 10.6 Å². The second kappa shape index (κ2) is 5.95. The molecule has 1 rings (SSSR count). The van der Waals surface area contributed by atoms with Gasteiger partial charge < -0.3 is 16.4 Å². The molecule has 0 aromatic heterocycles. The van der Waals surface area contributed by atoms with Gasteiger partial charge in [0.1, 0.15) is 0 Å². The van der Waals surface area contributed by atoms with Gasteiger partial charge in [0.25, 0.3) is 0 Å². The van der Waals surface area contributed by atoms with Gasteiger partial charge in [0, 0.05) is 18.1 Å². The molecule has 1 aliphatic carbocycles. The van der Waals surface area contributed by atoms with Crippen LogP contribution in [0, 0.1) is 0 Å². The fraction of sp³-hybridized carbons (Fsp3) is 0.909. The molecule has 1 aliphatic rings. The normalized spacial score (nSPS) is 27.2. The van der Waals surface area contributed by atoms with Crippen LogP contribution in [0.4, 0.5) is 4.79 Å². The summed E-state index contributed by atoms with van der Waals surface area (Å²) in [7, 11) is 0. The van der Waals surface area contributed by atoms with E-state index < -0.39 is 0 Å². The van der Waals surface area contributed by atoms with E-state index in [-0.39, 0.29) is 24.2 Å². The highest BCUT2D eigenvalue weighted by Gasteiger charge is 2.21. The largest absolute Gasteiger partial charge is 0.336 e. The fourth-order valence-corrected chi connectivity index (χ4v) is 1.99. The van der Waals surface area contributed by atoms with E-state index in [1.807, 2.05) is 13.8 Å². The second-order valence-electron chi connectivity index (χ2n) is 4.68. The van der Waals surface area contributed by atoms with Crippen molar-refractivity contribution in [3.8, 4) is 0 Å². The minimum absolute atomic E-state index is 0.0904. The van der Waals surface area contributed by atoms with Crippen LogP contribution in [-0.2, 0) is 0 Å². The molecule has 1 saturated carbocycles. The van der Waals surface area contributed by atoms with Gasteiger partial charge in [-0.3, -0.25) is 0 Å². The number of nitrogens with one attached hydrogen (secondary N) is 2. The molecule has 1 fully saturated rings. The quantitative estimate of drug-likeness (QED) is 0.606. The Kier molecular flexibility index (Phi) is 4.88. The van der Waals surface area contributed by atoms with Crippen LogP contribution in [0.1, 0.15) is 46.0 Å². The van der Waals surface area contributed by atoms with Gasteiger partial charge in [0.05, 0.1) is 0 Å². The van der Waals surface area contributed by atoms with Crippen molar-refractivity contribution < 1.29 is 4.79 Å². The van der Waals surface area contributed by atoms with Gasteiger partial charge in [-0.05, 0) is 26.7 Å². The molecule has 4 heteroatoms. The molecule has 88 valence electrons. The number of amides is 2. The van der Waals surface area contributed by atoms with Crippen molar-refractivity contribution >= 4 is 6.03 Å². The van der Waals surface area contributed by atoms with Crippen LogP contribution in [0.15, 0.2) is 0 Å². The highest BCUT2D eigenvalue weighted by molar-refractivity contribution is 5.74. The molecule has 0 bridgehead atoms. The number of carbonyl (C=O) groups is 1. The van der Waals surface area contributed by atoms with Gasteiger partial charge in [-0.1, -0.05) is 19.3 Å². The average molecular weight is 213 g/mol. The molecule has 0 heterocycles. The molecule has 0 saturated heterocycles. The Hall–Kier alpha value is -0.770. The SMILES string of the molecule is CC(C)NC(=O)NC1CCCCCC1N. The van der Waals surface area contributed by atoms with E-state index >= 15 is 0 Å². The molecule has 2 atom stereocenters. The van der Waals surface area contributed by atoms with Crippen molar-refractivity contribution in [2.75, 3.05) is 0 Å². The molecule has 15 heavy (non-hydrogen) atoms. The Morgan fingerprint density at radius 2 is 1.93 bits per heavy atom. The zero-order chi connectivity index (χ0) is 11.3. The van der Waals surface area contributed by atoms with Crippen molar-refractivity contribution in [1.82, 2.24) is 10.6 Å². The minimum Gasteiger partial charge on any atom is -0.336 e. The summed E-state index contributed by atoms with van der Waals surface area (Å²) in [6.45, 7) is 3.90. The third-order valence-electron chi connectivity index (χ3n) is 2.81. The van der Waals surface area contributed by atoms with E-state index in [1.54, 1.807) is 0 Å². The zero-order valence-electron chi connectivity index (χ0n) is 9.75. The summed E-state index contributed by atoms with van der Waals surface area (Å²) in [6, 6.07) is 0.344. The molecule has 0 spiro atoms. The van der Waals surface area contributed by atoms with E-state index in [9.17, 15) is 4.79 Å². The van der Waals surface area contributed by atoms with Gasteiger partial charge in [-0.2, -0.15) is 0 Å². The third kappa shape index (κ3) is 4.51. The van der Waals surface area contributed by atoms with Gasteiger partial charge >= 0.3 is 6.03 Å². The molecule has 2 unspecified atom stereocenters. The predicted molar refractivity (Wildman–Crippen MR) is 61.7 cm³/mol. The lowest BCUT2D eigenvalue weighted by atomic mass is 10.0.